The summed E-state index contributed by atoms with van der Waals surface area (Å²) >= 11 is 0. The van der Waals surface area contributed by atoms with Crippen LogP contribution in [0.1, 0.15) is 27.7 Å². The number of carbonyl (C=O) groups is 1. The maximum atomic E-state index is 12.2. The minimum atomic E-state index is -0.228. The maximum Gasteiger partial charge on any atom is 0.272 e. The van der Waals surface area contributed by atoms with Crippen LogP contribution in [0.4, 0.5) is 0 Å². The molecule has 0 radical (unpaired) electrons. The van der Waals surface area contributed by atoms with E-state index in [1.165, 1.54) is 5.39 Å². The van der Waals surface area contributed by atoms with Crippen molar-refractivity contribution in [1.82, 2.24) is 30.0 Å². The van der Waals surface area contributed by atoms with Crippen molar-refractivity contribution in [2.24, 2.45) is 0 Å². The first-order chi connectivity index (χ1) is 12.2. The third-order valence-electron chi connectivity index (χ3n) is 4.06. The van der Waals surface area contributed by atoms with Crippen molar-refractivity contribution in [2.45, 2.75) is 20.0 Å². The highest BCUT2D eigenvalue weighted by atomic mass is 16.1. The average molecular weight is 334 g/mol. The van der Waals surface area contributed by atoms with Gasteiger partial charge in [0.15, 0.2) is 0 Å². The van der Waals surface area contributed by atoms with Crippen LogP contribution in [-0.2, 0) is 13.1 Å². The van der Waals surface area contributed by atoms with Crippen LogP contribution in [0.3, 0.4) is 0 Å². The van der Waals surface area contributed by atoms with Crippen LogP contribution in [0.15, 0.2) is 48.8 Å². The van der Waals surface area contributed by atoms with E-state index >= 15 is 0 Å². The number of amides is 1. The number of carbonyl (C=O) groups excluding carboxylic acids is 1. The molecule has 1 amide bonds. The molecule has 7 nitrogen and oxygen atoms in total. The van der Waals surface area contributed by atoms with E-state index in [0.717, 1.165) is 22.7 Å². The van der Waals surface area contributed by atoms with Crippen LogP contribution < -0.4 is 5.32 Å². The SMILES string of the molecule is Cc1cnc(CNC(=O)c2cc(Cn3ccc4ccccc43)[nH]n2)[nH]1. The number of H-pyrrole nitrogens is 2. The summed E-state index contributed by atoms with van der Waals surface area (Å²) in [4.78, 5) is 19.5. The molecular weight excluding hydrogens is 316 g/mol. The number of nitrogens with one attached hydrogen (secondary N) is 3. The molecule has 3 aromatic heterocycles. The zero-order chi connectivity index (χ0) is 17.2. The molecule has 0 spiro atoms. The zero-order valence-corrected chi connectivity index (χ0v) is 13.8. The number of para-hydroxylation sites is 1. The predicted molar refractivity (Wildman–Crippen MR) is 94.1 cm³/mol. The van der Waals surface area contributed by atoms with Gasteiger partial charge in [0.05, 0.1) is 18.8 Å². The van der Waals surface area contributed by atoms with Gasteiger partial charge in [0.2, 0.25) is 0 Å². The quantitative estimate of drug-likeness (QED) is 0.523. The fourth-order valence-electron chi connectivity index (χ4n) is 2.83. The van der Waals surface area contributed by atoms with Crippen LogP contribution in [-0.4, -0.2) is 30.6 Å². The van der Waals surface area contributed by atoms with Crippen molar-refractivity contribution < 1.29 is 4.79 Å². The van der Waals surface area contributed by atoms with Crippen LogP contribution in [0.5, 0.6) is 0 Å². The fraction of sp³-hybridized carbons (Fsp3) is 0.167. The van der Waals surface area contributed by atoms with Crippen molar-refractivity contribution in [3.63, 3.8) is 0 Å². The van der Waals surface area contributed by atoms with E-state index in [9.17, 15) is 4.79 Å². The van der Waals surface area contributed by atoms with Crippen LogP contribution >= 0.6 is 0 Å². The lowest BCUT2D eigenvalue weighted by Crippen LogP contribution is -2.23. The van der Waals surface area contributed by atoms with Gasteiger partial charge < -0.3 is 14.9 Å². The van der Waals surface area contributed by atoms with Gasteiger partial charge in [-0.2, -0.15) is 5.10 Å². The number of benzene rings is 1. The number of hydrogen-bond donors (Lipinski definition) is 3. The Hall–Kier alpha value is -3.35. The molecule has 0 atom stereocenters. The van der Waals surface area contributed by atoms with Gasteiger partial charge in [0.25, 0.3) is 5.91 Å². The monoisotopic (exact) mass is 334 g/mol. The Balaban J connectivity index is 1.43. The van der Waals surface area contributed by atoms with Crippen LogP contribution in [0, 0.1) is 6.92 Å². The normalized spacial score (nSPS) is 11.1. The van der Waals surface area contributed by atoms with E-state index in [-0.39, 0.29) is 5.91 Å². The standard InChI is InChI=1S/C18H18N6O/c1-12-9-19-17(21-12)10-20-18(25)15-8-14(22-23-15)11-24-7-6-13-4-2-3-5-16(13)24/h2-9H,10-11H2,1H3,(H,19,21)(H,20,25)(H,22,23). The lowest BCUT2D eigenvalue weighted by Gasteiger charge is -2.02. The molecule has 3 N–H and O–H groups in total. The van der Waals surface area contributed by atoms with E-state index in [4.69, 9.17) is 0 Å². The van der Waals surface area contributed by atoms with Gasteiger partial charge in [-0.15, -0.1) is 0 Å². The third-order valence-corrected chi connectivity index (χ3v) is 4.06. The van der Waals surface area contributed by atoms with E-state index in [1.54, 1.807) is 12.3 Å². The molecule has 7 heteroatoms. The van der Waals surface area contributed by atoms with E-state index in [0.29, 0.717) is 18.8 Å². The highest BCUT2D eigenvalue weighted by Crippen LogP contribution is 2.16. The molecule has 4 aromatic rings. The minimum Gasteiger partial charge on any atom is -0.345 e. The molecule has 0 aliphatic heterocycles. The summed E-state index contributed by atoms with van der Waals surface area (Å²) in [5.41, 5.74) is 3.36. The van der Waals surface area contributed by atoms with Gasteiger partial charge in [-0.25, -0.2) is 4.98 Å². The topological polar surface area (TPSA) is 91.4 Å². The van der Waals surface area contributed by atoms with Crippen molar-refractivity contribution in [3.05, 3.63) is 71.7 Å². The Bertz CT molecular complexity index is 1020. The number of rotatable bonds is 5. The molecule has 3 heterocycles. The van der Waals surface area contributed by atoms with Gasteiger partial charge in [0, 0.05) is 23.6 Å². The van der Waals surface area contributed by atoms with Crippen molar-refractivity contribution in [2.75, 3.05) is 0 Å². The molecule has 0 saturated heterocycles. The van der Waals surface area contributed by atoms with E-state index < -0.39 is 0 Å². The Kier molecular flexibility index (Phi) is 3.81. The van der Waals surface area contributed by atoms with Crippen molar-refractivity contribution >= 4 is 16.8 Å². The summed E-state index contributed by atoms with van der Waals surface area (Å²) in [6.07, 6.45) is 3.76. The maximum absolute atomic E-state index is 12.2. The van der Waals surface area contributed by atoms with Gasteiger partial charge in [0.1, 0.15) is 11.5 Å². The van der Waals surface area contributed by atoms with Gasteiger partial charge in [-0.1, -0.05) is 18.2 Å². The highest BCUT2D eigenvalue weighted by molar-refractivity contribution is 5.92. The molecule has 0 aliphatic rings. The second-order valence-corrected chi connectivity index (χ2v) is 5.98. The Labute approximate surface area is 144 Å². The zero-order valence-electron chi connectivity index (χ0n) is 13.8. The van der Waals surface area contributed by atoms with Crippen molar-refractivity contribution in [3.8, 4) is 0 Å². The van der Waals surface area contributed by atoms with E-state index in [2.05, 4.69) is 48.2 Å². The molecule has 25 heavy (non-hydrogen) atoms. The highest BCUT2D eigenvalue weighted by Gasteiger charge is 2.11. The third kappa shape index (κ3) is 3.16. The summed E-state index contributed by atoms with van der Waals surface area (Å²) in [6.45, 7) is 2.89. The number of hydrogen-bond acceptors (Lipinski definition) is 3. The second kappa shape index (κ2) is 6.27. The summed E-state index contributed by atoms with van der Waals surface area (Å²) in [7, 11) is 0. The largest absolute Gasteiger partial charge is 0.345 e. The Morgan fingerprint density at radius 1 is 1.28 bits per heavy atom. The Morgan fingerprint density at radius 2 is 2.16 bits per heavy atom. The molecule has 0 unspecified atom stereocenters. The van der Waals surface area contributed by atoms with Gasteiger partial charge in [-0.05, 0) is 30.5 Å². The first kappa shape index (κ1) is 15.2. The van der Waals surface area contributed by atoms with Crippen LogP contribution in [0.2, 0.25) is 0 Å². The molecule has 0 saturated carbocycles. The average Bonchev–Trinajstić information content (AvgIpc) is 3.34. The lowest BCUT2D eigenvalue weighted by molar-refractivity contribution is 0.0945. The summed E-state index contributed by atoms with van der Waals surface area (Å²) in [6, 6.07) is 12.0. The number of aromatic amines is 2. The number of nitrogens with zero attached hydrogens (tertiary/aromatic N) is 3. The molecule has 0 fully saturated rings. The molecule has 0 aliphatic carbocycles. The molecule has 0 bridgehead atoms. The van der Waals surface area contributed by atoms with E-state index in [1.807, 2.05) is 25.3 Å². The predicted octanol–water partition coefficient (Wildman–Crippen LogP) is 2.37. The molecule has 126 valence electrons. The lowest BCUT2D eigenvalue weighted by atomic mass is 10.2. The first-order valence-electron chi connectivity index (χ1n) is 8.06. The number of imidazole rings is 1. The van der Waals surface area contributed by atoms with Gasteiger partial charge >= 0.3 is 0 Å². The van der Waals surface area contributed by atoms with Crippen LogP contribution in [0.25, 0.3) is 10.9 Å². The van der Waals surface area contributed by atoms with Gasteiger partial charge in [-0.3, -0.25) is 9.89 Å². The smallest absolute Gasteiger partial charge is 0.272 e. The first-order valence-corrected chi connectivity index (χ1v) is 8.06. The summed E-state index contributed by atoms with van der Waals surface area (Å²) in [5.74, 6) is 0.495. The summed E-state index contributed by atoms with van der Waals surface area (Å²) < 4.78 is 2.12. The number of fused-ring (bicyclic) bond motifs is 1. The number of aryl methyl sites for hydroxylation is 1. The summed E-state index contributed by atoms with van der Waals surface area (Å²) in [5, 5.41) is 11.0. The van der Waals surface area contributed by atoms with Crippen molar-refractivity contribution in [1.29, 1.82) is 0 Å². The fourth-order valence-corrected chi connectivity index (χ4v) is 2.83. The molecular formula is C18H18N6O. The minimum absolute atomic E-state index is 0.228. The molecule has 4 rings (SSSR count). The number of aromatic nitrogens is 5. The Morgan fingerprint density at radius 3 is 3.00 bits per heavy atom. The second-order valence-electron chi connectivity index (χ2n) is 5.98. The molecule has 1 aromatic carbocycles.